The molecule has 3 nitrogen and oxygen atoms in total. The van der Waals surface area contributed by atoms with Gasteiger partial charge in [-0.2, -0.15) is 5.26 Å². The number of nitrogens with zero attached hydrogens (tertiary/aromatic N) is 1. The quantitative estimate of drug-likeness (QED) is 0.926. The molecule has 0 amide bonds. The lowest BCUT2D eigenvalue weighted by molar-refractivity contribution is 0.137. The molecule has 0 fully saturated rings. The first-order chi connectivity index (χ1) is 10.1. The van der Waals surface area contributed by atoms with Crippen molar-refractivity contribution in [3.05, 3.63) is 59.2 Å². The van der Waals surface area contributed by atoms with Crippen LogP contribution in [-0.4, -0.2) is 5.60 Å². The van der Waals surface area contributed by atoms with Gasteiger partial charge in [0.1, 0.15) is 11.4 Å². The van der Waals surface area contributed by atoms with Crippen molar-refractivity contribution in [1.82, 2.24) is 0 Å². The van der Waals surface area contributed by atoms with E-state index in [0.29, 0.717) is 12.1 Å². The summed E-state index contributed by atoms with van der Waals surface area (Å²) in [6.45, 7) is 4.95. The predicted molar refractivity (Wildman–Crippen MR) is 83.3 cm³/mol. The van der Waals surface area contributed by atoms with Crippen LogP contribution in [0.25, 0.3) is 0 Å². The van der Waals surface area contributed by atoms with Gasteiger partial charge >= 0.3 is 0 Å². The maximum atomic E-state index is 8.80. The van der Waals surface area contributed by atoms with Crippen molar-refractivity contribution < 1.29 is 4.74 Å². The highest BCUT2D eigenvalue weighted by Crippen LogP contribution is 2.37. The number of hydrogen-bond donors (Lipinski definition) is 1. The van der Waals surface area contributed by atoms with Gasteiger partial charge in [-0.1, -0.05) is 18.2 Å². The average Bonchev–Trinajstić information content (AvgIpc) is 2.80. The number of nitrogens with one attached hydrogen (secondary N) is 1. The summed E-state index contributed by atoms with van der Waals surface area (Å²) in [5.74, 6) is 1.02. The maximum absolute atomic E-state index is 8.80. The Balaban J connectivity index is 1.75. The molecule has 1 aliphatic heterocycles. The lowest BCUT2D eigenvalue weighted by atomic mass is 10.0. The molecular formula is C18H18N2O. The van der Waals surface area contributed by atoms with E-state index in [0.717, 1.165) is 17.9 Å². The van der Waals surface area contributed by atoms with Crippen LogP contribution in [0.2, 0.25) is 0 Å². The maximum Gasteiger partial charge on any atom is 0.128 e. The third kappa shape index (κ3) is 2.85. The third-order valence-corrected chi connectivity index (χ3v) is 3.67. The van der Waals surface area contributed by atoms with E-state index < -0.39 is 0 Å². The molecule has 1 N–H and O–H groups in total. The Kier molecular flexibility index (Phi) is 3.31. The molecule has 0 atom stereocenters. The van der Waals surface area contributed by atoms with Gasteiger partial charge in [-0.25, -0.2) is 0 Å². The van der Waals surface area contributed by atoms with Crippen LogP contribution in [0.15, 0.2) is 42.5 Å². The van der Waals surface area contributed by atoms with E-state index in [1.54, 1.807) is 0 Å². The molecule has 21 heavy (non-hydrogen) atoms. The molecule has 1 aliphatic rings. The number of anilines is 1. The SMILES string of the molecule is CC1(C)Cc2cccc(CNc3ccc(C#N)cc3)c2O1. The monoisotopic (exact) mass is 278 g/mol. The number of ether oxygens (including phenoxy) is 1. The fraction of sp³-hybridized carbons (Fsp3) is 0.278. The summed E-state index contributed by atoms with van der Waals surface area (Å²) in [6, 6.07) is 15.9. The fourth-order valence-electron chi connectivity index (χ4n) is 2.68. The van der Waals surface area contributed by atoms with Crippen molar-refractivity contribution in [3.8, 4) is 11.8 Å². The highest BCUT2D eigenvalue weighted by Gasteiger charge is 2.31. The van der Waals surface area contributed by atoms with Crippen molar-refractivity contribution >= 4 is 5.69 Å². The summed E-state index contributed by atoms with van der Waals surface area (Å²) in [5, 5.41) is 12.2. The minimum atomic E-state index is -0.118. The van der Waals surface area contributed by atoms with Crippen molar-refractivity contribution in [2.75, 3.05) is 5.32 Å². The summed E-state index contributed by atoms with van der Waals surface area (Å²) in [6.07, 6.45) is 0.951. The fourth-order valence-corrected chi connectivity index (χ4v) is 2.68. The topological polar surface area (TPSA) is 45.0 Å². The summed E-state index contributed by atoms with van der Waals surface area (Å²) in [4.78, 5) is 0. The van der Waals surface area contributed by atoms with Gasteiger partial charge < -0.3 is 10.1 Å². The Hall–Kier alpha value is -2.47. The van der Waals surface area contributed by atoms with Gasteiger partial charge in [0, 0.05) is 24.2 Å². The first kappa shape index (κ1) is 13.5. The number of hydrogen-bond acceptors (Lipinski definition) is 3. The van der Waals surface area contributed by atoms with E-state index in [4.69, 9.17) is 10.00 Å². The van der Waals surface area contributed by atoms with Crippen LogP contribution in [0.5, 0.6) is 5.75 Å². The van der Waals surface area contributed by atoms with E-state index in [-0.39, 0.29) is 5.60 Å². The first-order valence-electron chi connectivity index (χ1n) is 7.11. The van der Waals surface area contributed by atoms with Crippen LogP contribution in [-0.2, 0) is 13.0 Å². The zero-order valence-corrected chi connectivity index (χ0v) is 12.3. The Bertz CT molecular complexity index is 696. The molecule has 0 spiro atoms. The van der Waals surface area contributed by atoms with Gasteiger partial charge in [0.15, 0.2) is 0 Å². The number of nitriles is 1. The van der Waals surface area contributed by atoms with Gasteiger partial charge in [0.05, 0.1) is 11.6 Å². The van der Waals surface area contributed by atoms with E-state index in [1.165, 1.54) is 11.1 Å². The molecule has 0 saturated carbocycles. The molecule has 2 aromatic rings. The summed E-state index contributed by atoms with van der Waals surface area (Å²) < 4.78 is 6.07. The second-order valence-electron chi connectivity index (χ2n) is 5.99. The van der Waals surface area contributed by atoms with Crippen LogP contribution in [0.3, 0.4) is 0 Å². The lowest BCUT2D eigenvalue weighted by Gasteiger charge is -2.18. The van der Waals surface area contributed by atoms with Gasteiger partial charge in [0.2, 0.25) is 0 Å². The molecular weight excluding hydrogens is 260 g/mol. The van der Waals surface area contributed by atoms with E-state index in [1.807, 2.05) is 24.3 Å². The second kappa shape index (κ2) is 5.14. The van der Waals surface area contributed by atoms with Gasteiger partial charge in [-0.05, 0) is 43.7 Å². The van der Waals surface area contributed by atoms with Crippen molar-refractivity contribution in [2.45, 2.75) is 32.4 Å². The minimum Gasteiger partial charge on any atom is -0.487 e. The molecule has 0 radical (unpaired) electrons. The largest absolute Gasteiger partial charge is 0.487 e. The van der Waals surface area contributed by atoms with E-state index in [2.05, 4.69) is 43.4 Å². The number of rotatable bonds is 3. The standard InChI is InChI=1S/C18H18N2O/c1-18(2)10-14-4-3-5-15(17(14)21-18)12-20-16-8-6-13(11-19)7-9-16/h3-9,20H,10,12H2,1-2H3. The predicted octanol–water partition coefficient (Wildman–Crippen LogP) is 3.88. The molecule has 0 saturated heterocycles. The molecule has 2 aromatic carbocycles. The van der Waals surface area contributed by atoms with Gasteiger partial charge in [-0.15, -0.1) is 0 Å². The van der Waals surface area contributed by atoms with E-state index >= 15 is 0 Å². The highest BCUT2D eigenvalue weighted by atomic mass is 16.5. The number of fused-ring (bicyclic) bond motifs is 1. The zero-order valence-electron chi connectivity index (χ0n) is 12.3. The molecule has 0 aliphatic carbocycles. The Morgan fingerprint density at radius 1 is 1.19 bits per heavy atom. The Morgan fingerprint density at radius 3 is 2.67 bits per heavy atom. The summed E-state index contributed by atoms with van der Waals surface area (Å²) in [5.41, 5.74) is 4.00. The van der Waals surface area contributed by atoms with Crippen LogP contribution in [0.1, 0.15) is 30.5 Å². The molecule has 3 rings (SSSR count). The number of benzene rings is 2. The van der Waals surface area contributed by atoms with Gasteiger partial charge in [0.25, 0.3) is 0 Å². The number of para-hydroxylation sites is 1. The van der Waals surface area contributed by atoms with Crippen molar-refractivity contribution in [1.29, 1.82) is 5.26 Å². The van der Waals surface area contributed by atoms with Crippen LogP contribution in [0, 0.1) is 11.3 Å². The molecule has 0 unspecified atom stereocenters. The summed E-state index contributed by atoms with van der Waals surface area (Å²) in [7, 11) is 0. The molecule has 106 valence electrons. The second-order valence-corrected chi connectivity index (χ2v) is 5.99. The Labute approximate surface area is 125 Å². The lowest BCUT2D eigenvalue weighted by Crippen LogP contribution is -2.25. The molecule has 1 heterocycles. The van der Waals surface area contributed by atoms with Crippen molar-refractivity contribution in [2.24, 2.45) is 0 Å². The first-order valence-corrected chi connectivity index (χ1v) is 7.11. The van der Waals surface area contributed by atoms with Crippen LogP contribution < -0.4 is 10.1 Å². The molecule has 3 heteroatoms. The molecule has 0 aromatic heterocycles. The zero-order chi connectivity index (χ0) is 14.9. The smallest absolute Gasteiger partial charge is 0.128 e. The Morgan fingerprint density at radius 2 is 1.95 bits per heavy atom. The minimum absolute atomic E-state index is 0.118. The average molecular weight is 278 g/mol. The normalized spacial score (nSPS) is 14.9. The van der Waals surface area contributed by atoms with Gasteiger partial charge in [-0.3, -0.25) is 0 Å². The van der Waals surface area contributed by atoms with Crippen molar-refractivity contribution in [3.63, 3.8) is 0 Å². The van der Waals surface area contributed by atoms with Crippen LogP contribution >= 0.6 is 0 Å². The highest BCUT2D eigenvalue weighted by molar-refractivity contribution is 5.51. The van der Waals surface area contributed by atoms with Crippen LogP contribution in [0.4, 0.5) is 5.69 Å². The third-order valence-electron chi connectivity index (χ3n) is 3.67. The summed E-state index contributed by atoms with van der Waals surface area (Å²) >= 11 is 0. The molecule has 0 bridgehead atoms. The van der Waals surface area contributed by atoms with E-state index in [9.17, 15) is 0 Å².